The Balaban J connectivity index is 2.35. The van der Waals surface area contributed by atoms with Crippen molar-refractivity contribution in [3.63, 3.8) is 0 Å². The molecule has 0 aliphatic heterocycles. The van der Waals surface area contributed by atoms with Crippen LogP contribution in [0.25, 0.3) is 0 Å². The van der Waals surface area contributed by atoms with Crippen LogP contribution in [0.4, 0.5) is 0 Å². The summed E-state index contributed by atoms with van der Waals surface area (Å²) in [6, 6.07) is 0. The quantitative estimate of drug-likeness (QED) is 0.748. The predicted molar refractivity (Wildman–Crippen MR) is 68.5 cm³/mol. The molecular weight excluding hydrogens is 212 g/mol. The van der Waals surface area contributed by atoms with Crippen molar-refractivity contribution in [3.05, 3.63) is 11.6 Å². The summed E-state index contributed by atoms with van der Waals surface area (Å²) in [7, 11) is 0. The predicted octanol–water partition coefficient (Wildman–Crippen LogP) is 2.95. The second-order valence-corrected chi connectivity index (χ2v) is 6.25. The third kappa shape index (κ3) is 2.08. The fraction of sp³-hybridized carbons (Fsp3) is 0.800. The molecule has 2 heteroatoms. The molecule has 1 N–H and O–H groups in total. The fourth-order valence-corrected chi connectivity index (χ4v) is 3.72. The molecule has 2 aliphatic carbocycles. The van der Waals surface area contributed by atoms with E-state index in [1.807, 2.05) is 0 Å². The van der Waals surface area contributed by atoms with Crippen molar-refractivity contribution < 1.29 is 9.90 Å². The molecule has 4 unspecified atom stereocenters. The van der Waals surface area contributed by atoms with Gasteiger partial charge in [0.2, 0.25) is 0 Å². The van der Waals surface area contributed by atoms with Crippen molar-refractivity contribution in [1.82, 2.24) is 0 Å². The van der Waals surface area contributed by atoms with Crippen molar-refractivity contribution in [2.45, 2.75) is 52.1 Å². The maximum Gasteiger partial charge on any atom is 0.145 e. The maximum atomic E-state index is 10.9. The summed E-state index contributed by atoms with van der Waals surface area (Å²) in [4.78, 5) is 10.9. The molecular formula is C15H24O2. The van der Waals surface area contributed by atoms with Gasteiger partial charge in [0, 0.05) is 5.92 Å². The van der Waals surface area contributed by atoms with Crippen LogP contribution in [0.3, 0.4) is 0 Å². The Labute approximate surface area is 104 Å². The summed E-state index contributed by atoms with van der Waals surface area (Å²) in [5, 5.41) is 10.9. The van der Waals surface area contributed by atoms with Crippen LogP contribution in [0.1, 0.15) is 46.5 Å². The highest BCUT2D eigenvalue weighted by atomic mass is 16.3. The zero-order valence-electron chi connectivity index (χ0n) is 11.1. The average molecular weight is 236 g/mol. The van der Waals surface area contributed by atoms with E-state index in [2.05, 4.69) is 26.8 Å². The Hall–Kier alpha value is -0.630. The third-order valence-electron chi connectivity index (χ3n) is 5.08. The van der Waals surface area contributed by atoms with Crippen LogP contribution in [0, 0.1) is 23.7 Å². The standard InChI is InChI=1S/C15H24O2/c1-10(2)15(17)7-6-11(3)13-5-4-12(9-16)8-14(13)15/h8-11,13-14,17H,4-7H2,1-3H3. The van der Waals surface area contributed by atoms with E-state index in [4.69, 9.17) is 0 Å². The number of carbonyl (C=O) groups excluding carboxylic acids is 1. The minimum absolute atomic E-state index is 0.181. The largest absolute Gasteiger partial charge is 0.389 e. The number of hydrogen-bond donors (Lipinski definition) is 1. The lowest BCUT2D eigenvalue weighted by Gasteiger charge is -2.50. The van der Waals surface area contributed by atoms with Crippen LogP contribution in [0.2, 0.25) is 0 Å². The van der Waals surface area contributed by atoms with Crippen LogP contribution >= 0.6 is 0 Å². The van der Waals surface area contributed by atoms with E-state index in [0.29, 0.717) is 11.8 Å². The topological polar surface area (TPSA) is 37.3 Å². The Morgan fingerprint density at radius 2 is 2.18 bits per heavy atom. The number of carbonyl (C=O) groups is 1. The molecule has 2 nitrogen and oxygen atoms in total. The summed E-state index contributed by atoms with van der Waals surface area (Å²) in [6.45, 7) is 6.48. The zero-order chi connectivity index (χ0) is 12.6. The smallest absolute Gasteiger partial charge is 0.145 e. The van der Waals surface area contributed by atoms with Crippen LogP contribution in [0.15, 0.2) is 11.6 Å². The van der Waals surface area contributed by atoms with Crippen molar-refractivity contribution >= 4 is 6.29 Å². The highest BCUT2D eigenvalue weighted by Crippen LogP contribution is 2.49. The molecule has 1 fully saturated rings. The number of fused-ring (bicyclic) bond motifs is 1. The zero-order valence-corrected chi connectivity index (χ0v) is 11.1. The van der Waals surface area contributed by atoms with Gasteiger partial charge in [0.25, 0.3) is 0 Å². The van der Waals surface area contributed by atoms with Crippen LogP contribution in [0.5, 0.6) is 0 Å². The number of aliphatic hydroxyl groups is 1. The monoisotopic (exact) mass is 236 g/mol. The van der Waals surface area contributed by atoms with Gasteiger partial charge in [-0.1, -0.05) is 26.8 Å². The Morgan fingerprint density at radius 3 is 2.76 bits per heavy atom. The summed E-state index contributed by atoms with van der Waals surface area (Å²) < 4.78 is 0. The highest BCUT2D eigenvalue weighted by molar-refractivity contribution is 5.73. The van der Waals surface area contributed by atoms with Gasteiger partial charge in [0.15, 0.2) is 0 Å². The van der Waals surface area contributed by atoms with E-state index in [0.717, 1.165) is 37.5 Å². The summed E-state index contributed by atoms with van der Waals surface area (Å²) in [6.07, 6.45) is 6.97. The molecule has 0 aromatic rings. The van der Waals surface area contributed by atoms with Gasteiger partial charge in [-0.2, -0.15) is 0 Å². The third-order valence-corrected chi connectivity index (χ3v) is 5.08. The van der Waals surface area contributed by atoms with Gasteiger partial charge in [-0.15, -0.1) is 0 Å². The Kier molecular flexibility index (Phi) is 3.44. The van der Waals surface area contributed by atoms with E-state index >= 15 is 0 Å². The molecule has 0 aromatic carbocycles. The average Bonchev–Trinajstić information content (AvgIpc) is 2.33. The van der Waals surface area contributed by atoms with Crippen molar-refractivity contribution in [1.29, 1.82) is 0 Å². The van der Waals surface area contributed by atoms with E-state index in [1.165, 1.54) is 0 Å². The van der Waals surface area contributed by atoms with Crippen molar-refractivity contribution in [2.24, 2.45) is 23.7 Å². The van der Waals surface area contributed by atoms with Gasteiger partial charge in [0.05, 0.1) is 5.60 Å². The van der Waals surface area contributed by atoms with E-state index in [-0.39, 0.29) is 11.8 Å². The first-order valence-electron chi connectivity index (χ1n) is 6.87. The van der Waals surface area contributed by atoms with Crippen LogP contribution in [-0.2, 0) is 4.79 Å². The van der Waals surface area contributed by atoms with Gasteiger partial charge in [-0.25, -0.2) is 0 Å². The lowest BCUT2D eigenvalue weighted by molar-refractivity contribution is -0.110. The van der Waals surface area contributed by atoms with Gasteiger partial charge >= 0.3 is 0 Å². The minimum atomic E-state index is -0.605. The van der Waals surface area contributed by atoms with Gasteiger partial charge in [0.1, 0.15) is 6.29 Å². The van der Waals surface area contributed by atoms with Crippen LogP contribution in [-0.4, -0.2) is 17.0 Å². The van der Waals surface area contributed by atoms with E-state index in [1.54, 1.807) is 0 Å². The molecule has 0 amide bonds. The Morgan fingerprint density at radius 1 is 1.47 bits per heavy atom. The highest BCUT2D eigenvalue weighted by Gasteiger charge is 2.48. The molecule has 2 aliphatic rings. The Bertz CT molecular complexity index is 332. The first-order valence-corrected chi connectivity index (χ1v) is 6.87. The van der Waals surface area contributed by atoms with E-state index < -0.39 is 5.60 Å². The molecule has 0 spiro atoms. The molecule has 0 saturated heterocycles. The number of aldehydes is 1. The SMILES string of the molecule is CC1CCC(O)(C(C)C)C2C=C(C=O)CCC12. The molecule has 17 heavy (non-hydrogen) atoms. The number of allylic oxidation sites excluding steroid dienone is 1. The minimum Gasteiger partial charge on any atom is -0.389 e. The fourth-order valence-electron chi connectivity index (χ4n) is 3.72. The number of rotatable bonds is 2. The van der Waals surface area contributed by atoms with Crippen molar-refractivity contribution in [3.8, 4) is 0 Å². The lowest BCUT2D eigenvalue weighted by Crippen LogP contribution is -2.51. The second kappa shape index (κ2) is 4.56. The molecule has 4 atom stereocenters. The molecule has 0 bridgehead atoms. The van der Waals surface area contributed by atoms with Gasteiger partial charge in [-0.05, 0) is 49.0 Å². The van der Waals surface area contributed by atoms with Gasteiger partial charge < -0.3 is 5.11 Å². The number of hydrogen-bond acceptors (Lipinski definition) is 2. The second-order valence-electron chi connectivity index (χ2n) is 6.25. The van der Waals surface area contributed by atoms with Gasteiger partial charge in [-0.3, -0.25) is 4.79 Å². The van der Waals surface area contributed by atoms with Crippen LogP contribution < -0.4 is 0 Å². The molecule has 0 radical (unpaired) electrons. The first kappa shape index (κ1) is 12.8. The summed E-state index contributed by atoms with van der Waals surface area (Å²) >= 11 is 0. The van der Waals surface area contributed by atoms with E-state index in [9.17, 15) is 9.90 Å². The summed E-state index contributed by atoms with van der Waals surface area (Å²) in [5.74, 6) is 1.66. The lowest BCUT2D eigenvalue weighted by atomic mass is 9.58. The first-order chi connectivity index (χ1) is 7.99. The molecule has 96 valence electrons. The summed E-state index contributed by atoms with van der Waals surface area (Å²) in [5.41, 5.74) is 0.283. The maximum absolute atomic E-state index is 10.9. The normalized spacial score (nSPS) is 41.9. The molecule has 0 aromatic heterocycles. The van der Waals surface area contributed by atoms with Crippen molar-refractivity contribution in [2.75, 3.05) is 0 Å². The molecule has 2 rings (SSSR count). The molecule has 1 saturated carbocycles. The molecule has 0 heterocycles.